The third-order valence-corrected chi connectivity index (χ3v) is 6.07. The summed E-state index contributed by atoms with van der Waals surface area (Å²) in [5.41, 5.74) is 2.42. The van der Waals surface area contributed by atoms with Gasteiger partial charge in [-0.25, -0.2) is 4.98 Å². The molecule has 1 unspecified atom stereocenters. The number of fused-ring (bicyclic) bond motifs is 2. The largest absolute Gasteiger partial charge is 0.348 e. The maximum Gasteiger partial charge on any atom is 0.271 e. The summed E-state index contributed by atoms with van der Waals surface area (Å²) in [6.07, 6.45) is 9.25. The first-order valence-corrected chi connectivity index (χ1v) is 10.5. The number of aryl methyl sites for hydroxylation is 2. The van der Waals surface area contributed by atoms with Gasteiger partial charge in [0.25, 0.3) is 5.91 Å². The van der Waals surface area contributed by atoms with E-state index in [-0.39, 0.29) is 29.9 Å². The number of hydrogen-bond donors (Lipinski definition) is 1. The zero-order chi connectivity index (χ0) is 20.2. The number of benzene rings is 1. The van der Waals surface area contributed by atoms with Crippen LogP contribution >= 0.6 is 0 Å². The first-order chi connectivity index (χ1) is 14.1. The minimum atomic E-state index is -0.176. The molecule has 1 N–H and O–H groups in total. The quantitative estimate of drug-likeness (QED) is 0.820. The molecule has 2 aromatic rings. The standard InChI is InChI=1S/C23H28N4O2/c1-16-14-25-21(15-24-16)23(29)26-18-12-19-10-11-20(13-18)27(19)22(28)9-5-8-17-6-3-2-4-7-17/h2-4,6-7,14-15,18-20H,5,8-13H2,1H3,(H,26,29)/t18?,19-,20+. The SMILES string of the molecule is Cc1cnc(C(=O)NC2C[C@H]3CC[C@@H](C2)N3C(=O)CCCc2ccccc2)cn1. The van der Waals surface area contributed by atoms with Gasteiger partial charge in [-0.15, -0.1) is 0 Å². The predicted octanol–water partition coefficient (Wildman–Crippen LogP) is 3.06. The number of nitrogens with zero attached hydrogens (tertiary/aromatic N) is 3. The van der Waals surface area contributed by atoms with Gasteiger partial charge in [0, 0.05) is 30.7 Å². The van der Waals surface area contributed by atoms with Crippen LogP contribution in [0.1, 0.15) is 60.3 Å². The van der Waals surface area contributed by atoms with E-state index in [1.165, 1.54) is 11.8 Å². The highest BCUT2D eigenvalue weighted by molar-refractivity contribution is 5.92. The first-order valence-electron chi connectivity index (χ1n) is 10.5. The highest BCUT2D eigenvalue weighted by atomic mass is 16.2. The second kappa shape index (κ2) is 8.72. The Bertz CT molecular complexity index is 839. The lowest BCUT2D eigenvalue weighted by Gasteiger charge is -2.39. The van der Waals surface area contributed by atoms with E-state index in [1.807, 2.05) is 25.1 Å². The van der Waals surface area contributed by atoms with Crippen molar-refractivity contribution in [3.63, 3.8) is 0 Å². The van der Waals surface area contributed by atoms with Crippen LogP contribution in [-0.2, 0) is 11.2 Å². The lowest BCUT2D eigenvalue weighted by molar-refractivity contribution is -0.135. The summed E-state index contributed by atoms with van der Waals surface area (Å²) in [6, 6.07) is 10.9. The average Bonchev–Trinajstić information content (AvgIpc) is 3.00. The molecule has 4 rings (SSSR count). The van der Waals surface area contributed by atoms with Gasteiger partial charge in [0.2, 0.25) is 5.91 Å². The summed E-state index contributed by atoms with van der Waals surface area (Å²) in [4.78, 5) is 35.7. The molecule has 29 heavy (non-hydrogen) atoms. The highest BCUT2D eigenvalue weighted by Crippen LogP contribution is 2.36. The molecule has 2 amide bonds. The van der Waals surface area contributed by atoms with E-state index >= 15 is 0 Å². The van der Waals surface area contributed by atoms with Gasteiger partial charge in [-0.05, 0) is 51.0 Å². The summed E-state index contributed by atoms with van der Waals surface area (Å²) in [5, 5.41) is 3.10. The Labute approximate surface area is 171 Å². The van der Waals surface area contributed by atoms with Crippen molar-refractivity contribution >= 4 is 11.8 Å². The zero-order valence-electron chi connectivity index (χ0n) is 16.9. The molecule has 1 aromatic carbocycles. The molecule has 2 aliphatic rings. The van der Waals surface area contributed by atoms with Crippen molar-refractivity contribution in [1.29, 1.82) is 0 Å². The molecule has 0 aliphatic carbocycles. The molecule has 0 radical (unpaired) electrons. The van der Waals surface area contributed by atoms with E-state index in [4.69, 9.17) is 0 Å². The molecule has 0 spiro atoms. The molecular weight excluding hydrogens is 364 g/mol. The van der Waals surface area contributed by atoms with Crippen LogP contribution in [-0.4, -0.2) is 44.8 Å². The third kappa shape index (κ3) is 4.63. The maximum absolute atomic E-state index is 12.9. The summed E-state index contributed by atoms with van der Waals surface area (Å²) >= 11 is 0. The molecular formula is C23H28N4O2. The van der Waals surface area contributed by atoms with E-state index in [0.717, 1.165) is 44.2 Å². The lowest BCUT2D eigenvalue weighted by atomic mass is 9.96. The van der Waals surface area contributed by atoms with Crippen LogP contribution in [0.4, 0.5) is 0 Å². The van der Waals surface area contributed by atoms with Gasteiger partial charge in [0.15, 0.2) is 0 Å². The maximum atomic E-state index is 12.9. The minimum Gasteiger partial charge on any atom is -0.348 e. The first kappa shape index (κ1) is 19.6. The molecule has 6 nitrogen and oxygen atoms in total. The number of carbonyl (C=O) groups is 2. The monoisotopic (exact) mass is 392 g/mol. The summed E-state index contributed by atoms with van der Waals surface area (Å²) in [6.45, 7) is 1.85. The number of aromatic nitrogens is 2. The number of amides is 2. The van der Waals surface area contributed by atoms with Gasteiger partial charge in [-0.2, -0.15) is 0 Å². The molecule has 3 atom stereocenters. The van der Waals surface area contributed by atoms with Crippen molar-refractivity contribution in [1.82, 2.24) is 20.2 Å². The summed E-state index contributed by atoms with van der Waals surface area (Å²) < 4.78 is 0. The average molecular weight is 393 g/mol. The Hall–Kier alpha value is -2.76. The zero-order valence-corrected chi connectivity index (χ0v) is 16.9. The highest BCUT2D eigenvalue weighted by Gasteiger charge is 2.43. The fraction of sp³-hybridized carbons (Fsp3) is 0.478. The Morgan fingerprint density at radius 1 is 1.07 bits per heavy atom. The molecule has 2 bridgehead atoms. The van der Waals surface area contributed by atoms with Crippen molar-refractivity contribution < 1.29 is 9.59 Å². The molecule has 0 saturated carbocycles. The van der Waals surface area contributed by atoms with Crippen molar-refractivity contribution in [3.05, 3.63) is 59.7 Å². The number of carbonyl (C=O) groups excluding carboxylic acids is 2. The number of nitrogens with one attached hydrogen (secondary N) is 1. The lowest BCUT2D eigenvalue weighted by Crippen LogP contribution is -2.52. The molecule has 2 fully saturated rings. The van der Waals surface area contributed by atoms with Crippen molar-refractivity contribution in [2.75, 3.05) is 0 Å². The van der Waals surface area contributed by atoms with Crippen LogP contribution in [0.3, 0.4) is 0 Å². The van der Waals surface area contributed by atoms with E-state index in [9.17, 15) is 9.59 Å². The van der Waals surface area contributed by atoms with Crippen LogP contribution in [0.25, 0.3) is 0 Å². The normalized spacial score (nSPS) is 23.1. The smallest absolute Gasteiger partial charge is 0.271 e. The third-order valence-electron chi connectivity index (χ3n) is 6.07. The second-order valence-corrected chi connectivity index (χ2v) is 8.21. The van der Waals surface area contributed by atoms with Crippen LogP contribution < -0.4 is 5.32 Å². The van der Waals surface area contributed by atoms with E-state index in [1.54, 1.807) is 6.20 Å². The van der Waals surface area contributed by atoms with Crippen LogP contribution in [0.15, 0.2) is 42.7 Å². The van der Waals surface area contributed by atoms with Crippen molar-refractivity contribution in [3.8, 4) is 0 Å². The molecule has 152 valence electrons. The Kier molecular flexibility index (Phi) is 5.88. The second-order valence-electron chi connectivity index (χ2n) is 8.21. The molecule has 2 aliphatic heterocycles. The molecule has 3 heterocycles. The molecule has 2 saturated heterocycles. The summed E-state index contributed by atoms with van der Waals surface area (Å²) in [5.74, 6) is 0.0900. The van der Waals surface area contributed by atoms with Gasteiger partial charge in [0.05, 0.1) is 11.9 Å². The van der Waals surface area contributed by atoms with Gasteiger partial charge in [0.1, 0.15) is 5.69 Å². The van der Waals surface area contributed by atoms with E-state index in [2.05, 4.69) is 32.3 Å². The molecule has 6 heteroatoms. The van der Waals surface area contributed by atoms with Crippen LogP contribution in [0.5, 0.6) is 0 Å². The van der Waals surface area contributed by atoms with Gasteiger partial charge >= 0.3 is 0 Å². The number of hydrogen-bond acceptors (Lipinski definition) is 4. The minimum absolute atomic E-state index is 0.0940. The Morgan fingerprint density at radius 2 is 1.79 bits per heavy atom. The fourth-order valence-corrected chi connectivity index (χ4v) is 4.69. The number of piperidine rings is 1. The van der Waals surface area contributed by atoms with Gasteiger partial charge in [-0.1, -0.05) is 30.3 Å². The van der Waals surface area contributed by atoms with Gasteiger partial charge < -0.3 is 10.2 Å². The van der Waals surface area contributed by atoms with Crippen LogP contribution in [0.2, 0.25) is 0 Å². The predicted molar refractivity (Wildman–Crippen MR) is 110 cm³/mol. The Balaban J connectivity index is 1.28. The summed E-state index contributed by atoms with van der Waals surface area (Å²) in [7, 11) is 0. The van der Waals surface area contributed by atoms with Crippen molar-refractivity contribution in [2.24, 2.45) is 0 Å². The van der Waals surface area contributed by atoms with Crippen LogP contribution in [0, 0.1) is 6.92 Å². The Morgan fingerprint density at radius 3 is 2.45 bits per heavy atom. The fourth-order valence-electron chi connectivity index (χ4n) is 4.69. The molecule has 1 aromatic heterocycles. The van der Waals surface area contributed by atoms with Gasteiger partial charge in [-0.3, -0.25) is 14.6 Å². The van der Waals surface area contributed by atoms with E-state index in [0.29, 0.717) is 12.1 Å². The van der Waals surface area contributed by atoms with E-state index < -0.39 is 0 Å². The van der Waals surface area contributed by atoms with Crippen molar-refractivity contribution in [2.45, 2.75) is 70.0 Å². The topological polar surface area (TPSA) is 75.2 Å². The number of rotatable bonds is 6.